The van der Waals surface area contributed by atoms with Gasteiger partial charge < -0.3 is 15.2 Å². The Kier molecular flexibility index (Phi) is 7.30. The number of pyridine rings is 1. The number of aryl methyl sites for hydroxylation is 1. The quantitative estimate of drug-likeness (QED) is 0.552. The van der Waals surface area contributed by atoms with Crippen LogP contribution in [0.25, 0.3) is 10.9 Å². The number of aliphatic carboxylic acids is 1. The maximum absolute atomic E-state index is 12.4. The summed E-state index contributed by atoms with van der Waals surface area (Å²) in [6, 6.07) is 18.8. The Balaban J connectivity index is 1.53. The van der Waals surface area contributed by atoms with Crippen molar-refractivity contribution in [2.75, 3.05) is 6.61 Å². The van der Waals surface area contributed by atoms with Gasteiger partial charge in [0.2, 0.25) is 5.91 Å². The lowest BCUT2D eigenvalue weighted by molar-refractivity contribution is -0.138. The van der Waals surface area contributed by atoms with Gasteiger partial charge in [-0.25, -0.2) is 0 Å². The maximum atomic E-state index is 12.4. The summed E-state index contributed by atoms with van der Waals surface area (Å²) in [6.45, 7) is 0.515. The molecule has 6 heteroatoms. The highest BCUT2D eigenvalue weighted by molar-refractivity contribution is 5.83. The number of nitrogens with one attached hydrogen (secondary N) is 1. The van der Waals surface area contributed by atoms with Crippen molar-refractivity contribution in [3.8, 4) is 0 Å². The number of carboxylic acids is 1. The average molecular weight is 392 g/mol. The molecule has 1 aromatic heterocycles. The van der Waals surface area contributed by atoms with Crippen molar-refractivity contribution >= 4 is 22.8 Å². The minimum atomic E-state index is -0.973. The summed E-state index contributed by atoms with van der Waals surface area (Å²) in [5.74, 6) is -1.17. The molecule has 2 aromatic carbocycles. The number of rotatable bonds is 10. The molecular weight excluding hydrogens is 368 g/mol. The number of amides is 1. The lowest BCUT2D eigenvalue weighted by atomic mass is 10.0. The van der Waals surface area contributed by atoms with Crippen LogP contribution in [-0.2, 0) is 27.4 Å². The Morgan fingerprint density at radius 1 is 1.03 bits per heavy atom. The molecule has 0 unspecified atom stereocenters. The maximum Gasteiger partial charge on any atom is 0.305 e. The molecule has 0 fully saturated rings. The number of nitrogens with zero attached hydrogens (tertiary/aromatic N) is 1. The zero-order chi connectivity index (χ0) is 20.5. The molecule has 3 rings (SSSR count). The number of aromatic nitrogens is 1. The van der Waals surface area contributed by atoms with Crippen molar-refractivity contribution in [2.45, 2.75) is 31.9 Å². The van der Waals surface area contributed by atoms with Gasteiger partial charge in [-0.15, -0.1) is 0 Å². The van der Waals surface area contributed by atoms with Crippen LogP contribution in [0.15, 0.2) is 66.9 Å². The molecule has 0 saturated carbocycles. The first kappa shape index (κ1) is 20.5. The van der Waals surface area contributed by atoms with E-state index < -0.39 is 12.0 Å². The molecule has 2 N–H and O–H groups in total. The third-order valence-electron chi connectivity index (χ3n) is 4.58. The number of hydrogen-bond donors (Lipinski definition) is 2. The molecule has 0 spiro atoms. The summed E-state index contributed by atoms with van der Waals surface area (Å²) in [5.41, 5.74) is 2.93. The molecule has 150 valence electrons. The zero-order valence-electron chi connectivity index (χ0n) is 16.1. The minimum absolute atomic E-state index is 0.144. The SMILES string of the molecule is O=C(O)C[C@H](COCc1ccccc1)NC(=O)CCc1ccnc2ccccc12. The number of carbonyl (C=O) groups is 2. The molecule has 0 saturated heterocycles. The molecule has 0 aliphatic rings. The van der Waals surface area contributed by atoms with Gasteiger partial charge in [0, 0.05) is 18.0 Å². The Bertz CT molecular complexity index is 954. The van der Waals surface area contributed by atoms with Crippen LogP contribution in [0.1, 0.15) is 24.0 Å². The number of ether oxygens (including phenoxy) is 1. The van der Waals surface area contributed by atoms with Crippen LogP contribution in [0.5, 0.6) is 0 Å². The monoisotopic (exact) mass is 392 g/mol. The first-order valence-electron chi connectivity index (χ1n) is 9.57. The molecule has 1 heterocycles. The Labute approximate surface area is 169 Å². The van der Waals surface area contributed by atoms with Crippen molar-refractivity contribution in [3.05, 3.63) is 78.0 Å². The summed E-state index contributed by atoms with van der Waals surface area (Å²) in [7, 11) is 0. The van der Waals surface area contributed by atoms with Crippen molar-refractivity contribution < 1.29 is 19.4 Å². The molecule has 3 aromatic rings. The van der Waals surface area contributed by atoms with E-state index in [-0.39, 0.29) is 25.4 Å². The molecule has 0 aliphatic carbocycles. The van der Waals surface area contributed by atoms with Gasteiger partial charge >= 0.3 is 5.97 Å². The van der Waals surface area contributed by atoms with Gasteiger partial charge in [-0.3, -0.25) is 14.6 Å². The van der Waals surface area contributed by atoms with Crippen molar-refractivity contribution in [3.63, 3.8) is 0 Å². The number of carboxylic acid groups (broad SMARTS) is 1. The molecule has 1 amide bonds. The highest BCUT2D eigenvalue weighted by Crippen LogP contribution is 2.17. The minimum Gasteiger partial charge on any atom is -0.481 e. The van der Waals surface area contributed by atoms with Gasteiger partial charge in [0.25, 0.3) is 0 Å². The first-order chi connectivity index (χ1) is 14.1. The Morgan fingerprint density at radius 2 is 1.79 bits per heavy atom. The van der Waals surface area contributed by atoms with E-state index in [9.17, 15) is 9.59 Å². The van der Waals surface area contributed by atoms with Crippen LogP contribution >= 0.6 is 0 Å². The molecule has 0 aliphatic heterocycles. The summed E-state index contributed by atoms with van der Waals surface area (Å²) in [6.07, 6.45) is 2.38. The van der Waals surface area contributed by atoms with Gasteiger partial charge in [0.1, 0.15) is 0 Å². The summed E-state index contributed by atoms with van der Waals surface area (Å²) in [4.78, 5) is 27.9. The van der Waals surface area contributed by atoms with E-state index in [1.807, 2.05) is 60.7 Å². The van der Waals surface area contributed by atoms with E-state index in [0.29, 0.717) is 13.0 Å². The smallest absolute Gasteiger partial charge is 0.305 e. The van der Waals surface area contributed by atoms with Crippen molar-refractivity contribution in [1.29, 1.82) is 0 Å². The standard InChI is InChI=1S/C23H24N2O4/c26-22(11-10-18-12-13-24-21-9-5-4-8-20(18)21)25-19(14-23(27)28)16-29-15-17-6-2-1-3-7-17/h1-9,12-13,19H,10-11,14-16H2,(H,25,26)(H,27,28)/t19-/m1/s1. The summed E-state index contributed by atoms with van der Waals surface area (Å²) < 4.78 is 5.62. The van der Waals surface area contributed by atoms with E-state index in [1.54, 1.807) is 6.20 Å². The van der Waals surface area contributed by atoms with Gasteiger partial charge in [-0.1, -0.05) is 48.5 Å². The second kappa shape index (κ2) is 10.3. The molecule has 29 heavy (non-hydrogen) atoms. The second-order valence-electron chi connectivity index (χ2n) is 6.85. The van der Waals surface area contributed by atoms with Crippen molar-refractivity contribution in [2.24, 2.45) is 0 Å². The largest absolute Gasteiger partial charge is 0.481 e. The van der Waals surface area contributed by atoms with Gasteiger partial charge in [0.05, 0.1) is 31.2 Å². The highest BCUT2D eigenvalue weighted by Gasteiger charge is 2.16. The van der Waals surface area contributed by atoms with Crippen LogP contribution in [0, 0.1) is 0 Å². The van der Waals surface area contributed by atoms with E-state index in [1.165, 1.54) is 0 Å². The van der Waals surface area contributed by atoms with Crippen molar-refractivity contribution in [1.82, 2.24) is 10.3 Å². The van der Waals surface area contributed by atoms with Gasteiger partial charge in [-0.05, 0) is 29.7 Å². The van der Waals surface area contributed by atoms with Gasteiger partial charge in [-0.2, -0.15) is 0 Å². The number of carbonyl (C=O) groups excluding carboxylic acids is 1. The average Bonchev–Trinajstić information content (AvgIpc) is 2.72. The topological polar surface area (TPSA) is 88.5 Å². The normalized spacial score (nSPS) is 11.9. The van der Waals surface area contributed by atoms with E-state index in [2.05, 4.69) is 10.3 Å². The first-order valence-corrected chi connectivity index (χ1v) is 9.57. The fraction of sp³-hybridized carbons (Fsp3) is 0.261. The fourth-order valence-corrected chi connectivity index (χ4v) is 3.18. The number of fused-ring (bicyclic) bond motifs is 1. The predicted octanol–water partition coefficient (Wildman–Crippen LogP) is 3.34. The molecular formula is C23H24N2O4. The van der Waals surface area contributed by atoms with Crippen LogP contribution < -0.4 is 5.32 Å². The molecule has 0 bridgehead atoms. The van der Waals surface area contributed by atoms with Crippen LogP contribution in [0.2, 0.25) is 0 Å². The molecule has 6 nitrogen and oxygen atoms in total. The van der Waals surface area contributed by atoms with Crippen LogP contribution in [0.4, 0.5) is 0 Å². The third kappa shape index (κ3) is 6.40. The lowest BCUT2D eigenvalue weighted by Gasteiger charge is -2.17. The fourth-order valence-electron chi connectivity index (χ4n) is 3.18. The van der Waals surface area contributed by atoms with Crippen LogP contribution in [-0.4, -0.2) is 34.6 Å². The summed E-state index contributed by atoms with van der Waals surface area (Å²) in [5, 5.41) is 12.9. The van der Waals surface area contributed by atoms with E-state index in [0.717, 1.165) is 22.0 Å². The number of hydrogen-bond acceptors (Lipinski definition) is 4. The Morgan fingerprint density at radius 3 is 2.59 bits per heavy atom. The number of benzene rings is 2. The highest BCUT2D eigenvalue weighted by atomic mass is 16.5. The molecule has 1 atom stereocenters. The lowest BCUT2D eigenvalue weighted by Crippen LogP contribution is -2.39. The number of para-hydroxylation sites is 1. The van der Waals surface area contributed by atoms with Crippen LogP contribution in [0.3, 0.4) is 0 Å². The molecule has 0 radical (unpaired) electrons. The predicted molar refractivity (Wildman–Crippen MR) is 110 cm³/mol. The van der Waals surface area contributed by atoms with E-state index in [4.69, 9.17) is 9.84 Å². The summed E-state index contributed by atoms with van der Waals surface area (Å²) >= 11 is 0. The second-order valence-corrected chi connectivity index (χ2v) is 6.85. The van der Waals surface area contributed by atoms with Gasteiger partial charge in [0.15, 0.2) is 0 Å². The Hall–Kier alpha value is -3.25. The third-order valence-corrected chi connectivity index (χ3v) is 4.58. The van der Waals surface area contributed by atoms with E-state index >= 15 is 0 Å². The zero-order valence-corrected chi connectivity index (χ0v) is 16.1.